The van der Waals surface area contributed by atoms with Gasteiger partial charge in [0.05, 0.1) is 17.5 Å². The first-order valence-corrected chi connectivity index (χ1v) is 18.1. The molecule has 5 atom stereocenters. The molecule has 1 aliphatic rings. The normalized spacial score (nSPS) is 17.8. The molecule has 5 rings (SSSR count). The summed E-state index contributed by atoms with van der Waals surface area (Å²) in [4.78, 5) is 62.6. The van der Waals surface area contributed by atoms with Gasteiger partial charge in [-0.1, -0.05) is 70.9 Å². The SMILES string of the molecule is CCC(C)C(NC(=O)Cc1ccccc1F)C(=O)N[C@]1(C(=O)NC(C(=O)OCc2ccncc2)C(C)CC)CCc2[nH]c3c(C(F)(F)F)cccc3c2C1. The van der Waals surface area contributed by atoms with E-state index in [4.69, 9.17) is 4.74 Å². The van der Waals surface area contributed by atoms with Gasteiger partial charge in [-0.15, -0.1) is 0 Å². The Morgan fingerprint density at radius 3 is 2.28 bits per heavy atom. The smallest absolute Gasteiger partial charge is 0.418 e. The number of aromatic nitrogens is 2. The number of aromatic amines is 1. The number of ether oxygens (including phenoxy) is 1. The van der Waals surface area contributed by atoms with Crippen molar-refractivity contribution in [3.63, 3.8) is 0 Å². The fraction of sp³-hybridized carbons (Fsp3) is 0.425. The van der Waals surface area contributed by atoms with Crippen molar-refractivity contribution in [2.75, 3.05) is 0 Å². The molecule has 0 radical (unpaired) electrons. The number of aryl methyl sites for hydroxylation is 1. The van der Waals surface area contributed by atoms with Crippen LogP contribution in [0.25, 0.3) is 10.9 Å². The lowest BCUT2D eigenvalue weighted by molar-refractivity contribution is -0.151. The molecule has 2 aromatic heterocycles. The lowest BCUT2D eigenvalue weighted by atomic mass is 9.78. The Labute approximate surface area is 310 Å². The summed E-state index contributed by atoms with van der Waals surface area (Å²) in [5.74, 6) is -4.17. The highest BCUT2D eigenvalue weighted by Crippen LogP contribution is 2.40. The van der Waals surface area contributed by atoms with Crippen molar-refractivity contribution >= 4 is 34.6 Å². The van der Waals surface area contributed by atoms with Gasteiger partial charge in [0, 0.05) is 29.9 Å². The van der Waals surface area contributed by atoms with Crippen LogP contribution in [-0.2, 0) is 56.0 Å². The number of para-hydroxylation sites is 1. The second-order valence-corrected chi connectivity index (χ2v) is 14.1. The van der Waals surface area contributed by atoms with Gasteiger partial charge in [-0.3, -0.25) is 19.4 Å². The van der Waals surface area contributed by atoms with Gasteiger partial charge in [0.1, 0.15) is 30.0 Å². The maximum absolute atomic E-state index is 14.7. The fourth-order valence-corrected chi connectivity index (χ4v) is 6.79. The van der Waals surface area contributed by atoms with E-state index in [0.29, 0.717) is 29.7 Å². The summed E-state index contributed by atoms with van der Waals surface area (Å²) >= 11 is 0. The van der Waals surface area contributed by atoms with Crippen LogP contribution in [0.5, 0.6) is 0 Å². The second kappa shape index (κ2) is 16.8. The molecule has 4 unspecified atom stereocenters. The second-order valence-electron chi connectivity index (χ2n) is 14.1. The molecule has 0 spiro atoms. The zero-order valence-electron chi connectivity index (χ0n) is 30.6. The zero-order chi connectivity index (χ0) is 39.2. The Morgan fingerprint density at radius 2 is 1.61 bits per heavy atom. The summed E-state index contributed by atoms with van der Waals surface area (Å²) in [6.07, 6.45) is -1.12. The van der Waals surface area contributed by atoms with Gasteiger partial charge in [-0.05, 0) is 65.6 Å². The predicted octanol–water partition coefficient (Wildman–Crippen LogP) is 6.11. The monoisotopic (exact) mass is 751 g/mol. The molecule has 4 N–H and O–H groups in total. The highest BCUT2D eigenvalue weighted by atomic mass is 19.4. The van der Waals surface area contributed by atoms with Crippen LogP contribution >= 0.6 is 0 Å². The number of fused-ring (bicyclic) bond motifs is 3. The van der Waals surface area contributed by atoms with Gasteiger partial charge >= 0.3 is 12.1 Å². The third kappa shape index (κ3) is 8.91. The first-order valence-electron chi connectivity index (χ1n) is 18.1. The lowest BCUT2D eigenvalue weighted by Crippen LogP contribution is -2.66. The van der Waals surface area contributed by atoms with E-state index >= 15 is 0 Å². The zero-order valence-corrected chi connectivity index (χ0v) is 30.6. The van der Waals surface area contributed by atoms with Gasteiger partial charge in [-0.2, -0.15) is 13.2 Å². The molecule has 1 aliphatic carbocycles. The Hall–Kier alpha value is -5.27. The maximum atomic E-state index is 14.7. The van der Waals surface area contributed by atoms with Crippen LogP contribution in [0.1, 0.15) is 74.9 Å². The minimum absolute atomic E-state index is 0.0402. The van der Waals surface area contributed by atoms with Crippen LogP contribution < -0.4 is 16.0 Å². The minimum atomic E-state index is -4.65. The summed E-state index contributed by atoms with van der Waals surface area (Å²) in [6, 6.07) is 10.6. The molecule has 2 heterocycles. The number of carbonyl (C=O) groups is 4. The molecule has 2 aromatic carbocycles. The molecule has 0 fully saturated rings. The molecule has 0 saturated carbocycles. The van der Waals surface area contributed by atoms with E-state index in [1.165, 1.54) is 30.3 Å². The number of esters is 1. The van der Waals surface area contributed by atoms with Crippen LogP contribution in [0.3, 0.4) is 0 Å². The maximum Gasteiger partial charge on any atom is 0.418 e. The third-order valence-electron chi connectivity index (χ3n) is 10.4. The van der Waals surface area contributed by atoms with E-state index in [1.54, 1.807) is 44.4 Å². The van der Waals surface area contributed by atoms with Gasteiger partial charge < -0.3 is 25.7 Å². The Morgan fingerprint density at radius 1 is 0.926 bits per heavy atom. The van der Waals surface area contributed by atoms with Crippen LogP contribution in [0.15, 0.2) is 67.0 Å². The highest BCUT2D eigenvalue weighted by molar-refractivity contribution is 5.98. The van der Waals surface area contributed by atoms with Crippen LogP contribution in [0.2, 0.25) is 0 Å². The molecule has 0 aliphatic heterocycles. The summed E-state index contributed by atoms with van der Waals surface area (Å²) in [6.45, 7) is 7.10. The Bertz CT molecular complexity index is 1980. The fourth-order valence-electron chi connectivity index (χ4n) is 6.79. The van der Waals surface area contributed by atoms with Gasteiger partial charge in [-0.25, -0.2) is 9.18 Å². The molecule has 10 nitrogen and oxygen atoms in total. The number of H-pyrrole nitrogens is 1. The summed E-state index contributed by atoms with van der Waals surface area (Å²) in [5.41, 5.74) is -1.02. The molecule has 4 aromatic rings. The molecule has 54 heavy (non-hydrogen) atoms. The summed E-state index contributed by atoms with van der Waals surface area (Å²) in [5, 5.41) is 8.69. The number of nitrogens with one attached hydrogen (secondary N) is 4. The first-order chi connectivity index (χ1) is 25.7. The number of carbonyl (C=O) groups excluding carboxylic acids is 4. The number of hydrogen-bond acceptors (Lipinski definition) is 6. The average Bonchev–Trinajstić information content (AvgIpc) is 3.52. The van der Waals surface area contributed by atoms with E-state index < -0.39 is 70.7 Å². The summed E-state index contributed by atoms with van der Waals surface area (Å²) in [7, 11) is 0. The van der Waals surface area contributed by atoms with Crippen LogP contribution in [-0.4, -0.2) is 51.3 Å². The highest BCUT2D eigenvalue weighted by Gasteiger charge is 2.47. The van der Waals surface area contributed by atoms with Crippen molar-refractivity contribution in [3.8, 4) is 0 Å². The van der Waals surface area contributed by atoms with E-state index in [1.807, 2.05) is 13.8 Å². The number of alkyl halides is 3. The molecule has 14 heteroatoms. The standard InChI is InChI=1S/C40H45F4N5O5/c1-5-23(3)33(47-32(50)20-26-10-7-8-13-30(26)41)36(51)49-39(17-14-31-28(21-39)27-11-9-12-29(35(27)46-31)40(42,43)44)38(53)48-34(24(4)6-2)37(52)54-22-25-15-18-45-19-16-25/h7-13,15-16,18-19,23-24,33-34,46H,5-6,14,17,20-22H2,1-4H3,(H,47,50)(H,48,53)(H,49,51)/t23?,24?,33?,34?,39-/m1/s1. The molecular formula is C40H45F4N5O5. The molecule has 0 saturated heterocycles. The Balaban J connectivity index is 1.49. The Kier molecular flexibility index (Phi) is 12.4. The predicted molar refractivity (Wildman–Crippen MR) is 193 cm³/mol. The lowest BCUT2D eigenvalue weighted by Gasteiger charge is -2.39. The topological polar surface area (TPSA) is 142 Å². The number of halogens is 4. The van der Waals surface area contributed by atoms with E-state index in [-0.39, 0.29) is 48.8 Å². The van der Waals surface area contributed by atoms with E-state index in [2.05, 4.69) is 25.9 Å². The van der Waals surface area contributed by atoms with Gasteiger partial charge in [0.15, 0.2) is 0 Å². The van der Waals surface area contributed by atoms with Crippen molar-refractivity contribution in [1.82, 2.24) is 25.9 Å². The molecule has 3 amide bonds. The number of benzene rings is 2. The van der Waals surface area contributed by atoms with Gasteiger partial charge in [0.2, 0.25) is 17.7 Å². The first kappa shape index (κ1) is 39.9. The van der Waals surface area contributed by atoms with Gasteiger partial charge in [0.25, 0.3) is 0 Å². The number of amides is 3. The molecular weight excluding hydrogens is 706 g/mol. The van der Waals surface area contributed by atoms with Crippen molar-refractivity contribution < 1.29 is 41.5 Å². The van der Waals surface area contributed by atoms with Crippen molar-refractivity contribution in [1.29, 1.82) is 0 Å². The number of rotatable bonds is 14. The molecule has 0 bridgehead atoms. The number of nitrogens with zero attached hydrogens (tertiary/aromatic N) is 1. The number of pyridine rings is 1. The van der Waals surface area contributed by atoms with Crippen LogP contribution in [0, 0.1) is 17.7 Å². The summed E-state index contributed by atoms with van der Waals surface area (Å²) < 4.78 is 62.1. The van der Waals surface area contributed by atoms with E-state index in [9.17, 15) is 36.7 Å². The number of hydrogen-bond donors (Lipinski definition) is 4. The largest absolute Gasteiger partial charge is 0.459 e. The minimum Gasteiger partial charge on any atom is -0.459 e. The average molecular weight is 752 g/mol. The van der Waals surface area contributed by atoms with Crippen molar-refractivity contribution in [2.24, 2.45) is 11.8 Å². The van der Waals surface area contributed by atoms with E-state index in [0.717, 1.165) is 6.07 Å². The molecule has 288 valence electrons. The van der Waals surface area contributed by atoms with Crippen molar-refractivity contribution in [3.05, 3.63) is 101 Å². The third-order valence-corrected chi connectivity index (χ3v) is 10.4. The van der Waals surface area contributed by atoms with Crippen molar-refractivity contribution in [2.45, 2.75) is 96.6 Å². The van der Waals surface area contributed by atoms with Crippen LogP contribution in [0.4, 0.5) is 17.6 Å². The quantitative estimate of drug-likeness (QED) is 0.0905.